The highest BCUT2D eigenvalue weighted by Gasteiger charge is 2.34. The molecule has 2 aliphatic carbocycles. The number of nitrogens with one attached hydrogen (secondary N) is 1. The molecule has 1 saturated heterocycles. The SMILES string of the molecule is c1cnc2c(c1)CCC[C@@H]2N(CC1CC1)C[C@H]1Cc2c(cccc2N2CCCCC2)CN1. The Morgan fingerprint density at radius 3 is 2.69 bits per heavy atom. The smallest absolute Gasteiger partial charge is 0.0607 e. The second-order valence-electron chi connectivity index (χ2n) is 10.6. The summed E-state index contributed by atoms with van der Waals surface area (Å²) in [6.07, 6.45) is 13.8. The van der Waals surface area contributed by atoms with Crippen molar-refractivity contribution >= 4 is 5.69 Å². The molecule has 1 aromatic heterocycles. The van der Waals surface area contributed by atoms with Crippen LogP contribution in [0, 0.1) is 5.92 Å². The Labute approximate surface area is 193 Å². The van der Waals surface area contributed by atoms with Gasteiger partial charge in [-0.2, -0.15) is 0 Å². The molecule has 4 heteroatoms. The molecule has 0 spiro atoms. The zero-order valence-corrected chi connectivity index (χ0v) is 19.4. The molecule has 170 valence electrons. The van der Waals surface area contributed by atoms with E-state index < -0.39 is 0 Å². The number of benzene rings is 1. The van der Waals surface area contributed by atoms with Gasteiger partial charge in [0.25, 0.3) is 0 Å². The largest absolute Gasteiger partial charge is 0.371 e. The lowest BCUT2D eigenvalue weighted by molar-refractivity contribution is 0.147. The van der Waals surface area contributed by atoms with E-state index in [1.54, 1.807) is 5.56 Å². The number of aromatic nitrogens is 1. The summed E-state index contributed by atoms with van der Waals surface area (Å²) in [5.74, 6) is 0.906. The molecule has 1 N–H and O–H groups in total. The lowest BCUT2D eigenvalue weighted by Crippen LogP contribution is -2.47. The fourth-order valence-corrected chi connectivity index (χ4v) is 6.34. The van der Waals surface area contributed by atoms with Crippen LogP contribution in [0.4, 0.5) is 5.69 Å². The number of fused-ring (bicyclic) bond motifs is 2. The third-order valence-electron chi connectivity index (χ3n) is 8.23. The van der Waals surface area contributed by atoms with E-state index in [1.165, 1.54) is 93.5 Å². The van der Waals surface area contributed by atoms with Crippen molar-refractivity contribution in [2.75, 3.05) is 31.1 Å². The zero-order chi connectivity index (χ0) is 21.3. The van der Waals surface area contributed by atoms with Gasteiger partial charge < -0.3 is 10.2 Å². The van der Waals surface area contributed by atoms with E-state index in [0.29, 0.717) is 12.1 Å². The van der Waals surface area contributed by atoms with Gasteiger partial charge in [-0.1, -0.05) is 18.2 Å². The van der Waals surface area contributed by atoms with Crippen LogP contribution < -0.4 is 10.2 Å². The molecule has 4 nitrogen and oxygen atoms in total. The lowest BCUT2D eigenvalue weighted by Gasteiger charge is -2.39. The topological polar surface area (TPSA) is 31.4 Å². The molecule has 32 heavy (non-hydrogen) atoms. The van der Waals surface area contributed by atoms with Gasteiger partial charge in [0.05, 0.1) is 11.7 Å². The molecule has 2 fully saturated rings. The van der Waals surface area contributed by atoms with Crippen molar-refractivity contribution in [1.29, 1.82) is 0 Å². The van der Waals surface area contributed by atoms with Crippen LogP contribution >= 0.6 is 0 Å². The van der Waals surface area contributed by atoms with Crippen molar-refractivity contribution in [2.24, 2.45) is 5.92 Å². The molecule has 0 unspecified atom stereocenters. The van der Waals surface area contributed by atoms with Gasteiger partial charge in [0.1, 0.15) is 0 Å². The minimum atomic E-state index is 0.501. The Morgan fingerprint density at radius 1 is 0.938 bits per heavy atom. The van der Waals surface area contributed by atoms with Gasteiger partial charge in [-0.3, -0.25) is 9.88 Å². The zero-order valence-electron chi connectivity index (χ0n) is 19.4. The van der Waals surface area contributed by atoms with Gasteiger partial charge in [0.15, 0.2) is 0 Å². The number of anilines is 1. The summed E-state index contributed by atoms with van der Waals surface area (Å²) in [5, 5.41) is 3.91. The third-order valence-corrected chi connectivity index (χ3v) is 8.23. The molecule has 1 aromatic carbocycles. The van der Waals surface area contributed by atoms with Gasteiger partial charge >= 0.3 is 0 Å². The Balaban J connectivity index is 1.23. The quantitative estimate of drug-likeness (QED) is 0.708. The fourth-order valence-electron chi connectivity index (χ4n) is 6.34. The average Bonchev–Trinajstić information content (AvgIpc) is 3.67. The first-order valence-electron chi connectivity index (χ1n) is 13.1. The summed E-state index contributed by atoms with van der Waals surface area (Å²) >= 11 is 0. The van der Waals surface area contributed by atoms with Gasteiger partial charge in [0.2, 0.25) is 0 Å². The van der Waals surface area contributed by atoms with Gasteiger partial charge in [-0.25, -0.2) is 0 Å². The molecular formula is C28H38N4. The van der Waals surface area contributed by atoms with Crippen LogP contribution in [-0.2, 0) is 19.4 Å². The molecule has 2 atom stereocenters. The molecule has 0 amide bonds. The molecule has 6 rings (SSSR count). The number of aryl methyl sites for hydroxylation is 1. The van der Waals surface area contributed by atoms with Crippen LogP contribution in [0.3, 0.4) is 0 Å². The summed E-state index contributed by atoms with van der Waals surface area (Å²) in [6.45, 7) is 5.86. The van der Waals surface area contributed by atoms with Crippen molar-refractivity contribution in [1.82, 2.24) is 15.2 Å². The second kappa shape index (κ2) is 9.15. The molecule has 0 radical (unpaired) electrons. The van der Waals surface area contributed by atoms with Gasteiger partial charge in [-0.15, -0.1) is 0 Å². The summed E-state index contributed by atoms with van der Waals surface area (Å²) < 4.78 is 0. The number of hydrogen-bond donors (Lipinski definition) is 1. The maximum atomic E-state index is 4.88. The molecular weight excluding hydrogens is 392 g/mol. The van der Waals surface area contributed by atoms with Crippen LogP contribution in [0.15, 0.2) is 36.5 Å². The Bertz CT molecular complexity index is 931. The van der Waals surface area contributed by atoms with Gasteiger partial charge in [-0.05, 0) is 92.5 Å². The molecule has 4 aliphatic rings. The van der Waals surface area contributed by atoms with Crippen molar-refractivity contribution < 1.29 is 0 Å². The van der Waals surface area contributed by atoms with E-state index >= 15 is 0 Å². The predicted octanol–water partition coefficient (Wildman–Crippen LogP) is 4.88. The van der Waals surface area contributed by atoms with E-state index in [9.17, 15) is 0 Å². The van der Waals surface area contributed by atoms with Crippen molar-refractivity contribution in [2.45, 2.75) is 76.4 Å². The van der Waals surface area contributed by atoms with E-state index in [1.807, 2.05) is 6.20 Å². The van der Waals surface area contributed by atoms with E-state index in [2.05, 4.69) is 45.4 Å². The number of rotatable bonds is 6. The Kier molecular flexibility index (Phi) is 5.91. The first-order chi connectivity index (χ1) is 15.8. The maximum Gasteiger partial charge on any atom is 0.0607 e. The van der Waals surface area contributed by atoms with Crippen molar-refractivity contribution in [3.05, 3.63) is 58.9 Å². The predicted molar refractivity (Wildman–Crippen MR) is 131 cm³/mol. The summed E-state index contributed by atoms with van der Waals surface area (Å²) in [6, 6.07) is 12.5. The van der Waals surface area contributed by atoms with Crippen LogP contribution in [0.1, 0.15) is 73.4 Å². The van der Waals surface area contributed by atoms with Crippen LogP contribution in [-0.4, -0.2) is 42.1 Å². The highest BCUT2D eigenvalue weighted by Crippen LogP contribution is 2.38. The molecule has 2 aromatic rings. The number of hydrogen-bond acceptors (Lipinski definition) is 4. The Morgan fingerprint density at radius 2 is 1.81 bits per heavy atom. The van der Waals surface area contributed by atoms with E-state index in [-0.39, 0.29) is 0 Å². The van der Waals surface area contributed by atoms with Crippen molar-refractivity contribution in [3.63, 3.8) is 0 Å². The summed E-state index contributed by atoms with van der Waals surface area (Å²) in [4.78, 5) is 10.4. The minimum Gasteiger partial charge on any atom is -0.371 e. The highest BCUT2D eigenvalue weighted by molar-refractivity contribution is 5.58. The number of nitrogens with zero attached hydrogens (tertiary/aromatic N) is 3. The number of piperidine rings is 1. The minimum absolute atomic E-state index is 0.501. The fraction of sp³-hybridized carbons (Fsp3) is 0.607. The van der Waals surface area contributed by atoms with Crippen LogP contribution in [0.5, 0.6) is 0 Å². The maximum absolute atomic E-state index is 4.88. The third kappa shape index (κ3) is 4.32. The standard InChI is InChI=1S/C28H38N4/c1-2-15-31(16-3-1)26-10-5-8-23-18-30-24(17-25(23)26)20-32(19-21-12-13-21)27-11-4-7-22-9-6-14-29-28(22)27/h5-6,8-10,14,21,24,27,30H,1-4,7,11-13,15-20H2/t24-,27+/m1/s1. The van der Waals surface area contributed by atoms with Gasteiger partial charge in [0, 0.05) is 50.6 Å². The van der Waals surface area contributed by atoms with E-state index in [0.717, 1.165) is 25.4 Å². The molecule has 1 saturated carbocycles. The lowest BCUT2D eigenvalue weighted by atomic mass is 9.89. The second-order valence-corrected chi connectivity index (χ2v) is 10.6. The average molecular weight is 431 g/mol. The normalized spacial score (nSPS) is 25.5. The Hall–Kier alpha value is -1.91. The summed E-state index contributed by atoms with van der Waals surface area (Å²) in [7, 11) is 0. The monoisotopic (exact) mass is 430 g/mol. The summed E-state index contributed by atoms with van der Waals surface area (Å²) in [5.41, 5.74) is 7.50. The van der Waals surface area contributed by atoms with Crippen LogP contribution in [0.2, 0.25) is 0 Å². The molecule has 0 bridgehead atoms. The number of pyridine rings is 1. The highest BCUT2D eigenvalue weighted by atomic mass is 15.2. The van der Waals surface area contributed by atoms with Crippen LogP contribution in [0.25, 0.3) is 0 Å². The van der Waals surface area contributed by atoms with E-state index in [4.69, 9.17) is 4.98 Å². The molecule has 2 aliphatic heterocycles. The van der Waals surface area contributed by atoms with Crippen molar-refractivity contribution in [3.8, 4) is 0 Å². The first-order valence-corrected chi connectivity index (χ1v) is 13.1. The first kappa shape index (κ1) is 20.7. The molecule has 3 heterocycles.